The number of pyridine rings is 1. The highest BCUT2D eigenvalue weighted by atomic mass is 19.4. The van der Waals surface area contributed by atoms with Gasteiger partial charge >= 0.3 is 6.18 Å². The summed E-state index contributed by atoms with van der Waals surface area (Å²) in [5, 5.41) is 12.9. The lowest BCUT2D eigenvalue weighted by Crippen LogP contribution is -2.69. The fraction of sp³-hybridized carbons (Fsp3) is 0.433. The molecule has 1 aromatic carbocycles. The van der Waals surface area contributed by atoms with Crippen molar-refractivity contribution in [2.24, 2.45) is 7.05 Å². The van der Waals surface area contributed by atoms with Gasteiger partial charge < -0.3 is 24.4 Å². The van der Waals surface area contributed by atoms with Crippen LogP contribution in [0.15, 0.2) is 54.9 Å². The number of rotatable bonds is 7. The van der Waals surface area contributed by atoms with Gasteiger partial charge in [0.05, 0.1) is 52.4 Å². The Morgan fingerprint density at radius 1 is 1.17 bits per heavy atom. The lowest BCUT2D eigenvalue weighted by atomic mass is 9.71. The Kier molecular flexibility index (Phi) is 7.57. The molecule has 0 atom stereocenters. The van der Waals surface area contributed by atoms with E-state index >= 15 is 0 Å². The Labute approximate surface area is 237 Å². The van der Waals surface area contributed by atoms with Crippen molar-refractivity contribution in [3.8, 4) is 17.5 Å². The fourth-order valence-electron chi connectivity index (χ4n) is 5.93. The van der Waals surface area contributed by atoms with Gasteiger partial charge in [-0.15, -0.1) is 0 Å². The Morgan fingerprint density at radius 3 is 2.41 bits per heavy atom. The monoisotopic (exact) mass is 566 g/mol. The number of hydrogen-bond donors (Lipinski definition) is 1. The second-order valence-electron chi connectivity index (χ2n) is 11.3. The van der Waals surface area contributed by atoms with E-state index in [0.29, 0.717) is 51.4 Å². The minimum Gasteiger partial charge on any atom is -0.376 e. The van der Waals surface area contributed by atoms with Crippen LogP contribution < -0.4 is 10.2 Å². The van der Waals surface area contributed by atoms with Crippen molar-refractivity contribution in [3.63, 3.8) is 0 Å². The molecule has 11 heteroatoms. The normalized spacial score (nSPS) is 18.0. The number of hydrogen-bond acceptors (Lipinski definition) is 6. The molecule has 0 unspecified atom stereocenters. The van der Waals surface area contributed by atoms with Gasteiger partial charge in [-0.3, -0.25) is 9.78 Å². The predicted octanol–water partition coefficient (Wildman–Crippen LogP) is 3.96. The van der Waals surface area contributed by atoms with Crippen LogP contribution in [0.1, 0.15) is 29.5 Å². The summed E-state index contributed by atoms with van der Waals surface area (Å²) in [6.45, 7) is 2.22. The predicted molar refractivity (Wildman–Crippen MR) is 148 cm³/mol. The van der Waals surface area contributed by atoms with Gasteiger partial charge in [-0.05, 0) is 68.9 Å². The van der Waals surface area contributed by atoms with Crippen molar-refractivity contribution in [2.75, 3.05) is 51.8 Å². The van der Waals surface area contributed by atoms with Gasteiger partial charge in [-0.25, -0.2) is 0 Å². The maximum absolute atomic E-state index is 14.2. The largest absolute Gasteiger partial charge is 0.416 e. The molecule has 0 radical (unpaired) electrons. The maximum Gasteiger partial charge on any atom is 0.416 e. The zero-order chi connectivity index (χ0) is 29.4. The minimum atomic E-state index is -4.54. The standard InChI is InChI=1S/C30H33F3N6O2/c1-37(2)18-28(19-41-20-28)36-27(40)29(23-6-8-24(35-17-23)26-5-4-12-38(26)3)10-13-39(14-11-29)25-9-7-22(30(31,32)33)15-21(25)16-34/h4-9,12,15,17H,10-11,13-14,18-20H2,1-3H3,(H,36,40). The molecule has 1 amide bonds. The molecule has 2 fully saturated rings. The SMILES string of the molecule is CN(C)CC1(NC(=O)C2(c3ccc(-c4cccn4C)nc3)CCN(c3ccc(C(F)(F)F)cc3C#N)CC2)COC1. The van der Waals surface area contributed by atoms with E-state index in [1.807, 2.05) is 72.0 Å². The Morgan fingerprint density at radius 2 is 1.90 bits per heavy atom. The van der Waals surface area contributed by atoms with Crippen molar-refractivity contribution in [2.45, 2.75) is 30.0 Å². The van der Waals surface area contributed by atoms with Crippen LogP contribution in [0, 0.1) is 11.3 Å². The fourth-order valence-corrected chi connectivity index (χ4v) is 5.93. The van der Waals surface area contributed by atoms with Gasteiger partial charge in [0, 0.05) is 39.1 Å². The number of amides is 1. The maximum atomic E-state index is 14.2. The summed E-state index contributed by atoms with van der Waals surface area (Å²) >= 11 is 0. The zero-order valence-corrected chi connectivity index (χ0v) is 23.3. The van der Waals surface area contributed by atoms with Crippen LogP contribution in [0.5, 0.6) is 0 Å². The first-order valence-corrected chi connectivity index (χ1v) is 13.5. The van der Waals surface area contributed by atoms with E-state index < -0.39 is 22.7 Å². The minimum absolute atomic E-state index is 0.0399. The van der Waals surface area contributed by atoms with Crippen molar-refractivity contribution in [1.29, 1.82) is 5.26 Å². The molecule has 2 aliphatic heterocycles. The third-order valence-electron chi connectivity index (χ3n) is 8.11. The highest BCUT2D eigenvalue weighted by Crippen LogP contribution is 2.40. The third-order valence-corrected chi connectivity index (χ3v) is 8.11. The van der Waals surface area contributed by atoms with Crippen LogP contribution in [0.3, 0.4) is 0 Å². The summed E-state index contributed by atoms with van der Waals surface area (Å²) in [6, 6.07) is 12.9. The quantitative estimate of drug-likeness (QED) is 0.466. The second kappa shape index (κ2) is 10.8. The number of piperidine rings is 1. The first-order chi connectivity index (χ1) is 19.5. The summed E-state index contributed by atoms with van der Waals surface area (Å²) in [5.74, 6) is -0.122. The van der Waals surface area contributed by atoms with E-state index in [2.05, 4.69) is 5.32 Å². The van der Waals surface area contributed by atoms with E-state index in [0.717, 1.165) is 29.1 Å². The molecule has 5 rings (SSSR count). The second-order valence-corrected chi connectivity index (χ2v) is 11.3. The van der Waals surface area contributed by atoms with Gasteiger partial charge in [0.2, 0.25) is 5.91 Å². The number of nitrogens with one attached hydrogen (secondary N) is 1. The first kappa shape index (κ1) is 28.6. The van der Waals surface area contributed by atoms with Crippen LogP contribution in [0.4, 0.5) is 18.9 Å². The average molecular weight is 567 g/mol. The highest BCUT2D eigenvalue weighted by molar-refractivity contribution is 5.89. The molecule has 2 aliphatic rings. The van der Waals surface area contributed by atoms with Crippen LogP contribution >= 0.6 is 0 Å². The van der Waals surface area contributed by atoms with E-state index in [1.165, 1.54) is 6.07 Å². The molecule has 41 heavy (non-hydrogen) atoms. The number of anilines is 1. The molecule has 2 saturated heterocycles. The van der Waals surface area contributed by atoms with Crippen LogP contribution in [-0.2, 0) is 28.2 Å². The number of carbonyl (C=O) groups is 1. The zero-order valence-electron chi connectivity index (χ0n) is 23.3. The van der Waals surface area contributed by atoms with Gasteiger partial charge in [-0.2, -0.15) is 18.4 Å². The number of carbonyl (C=O) groups excluding carboxylic acids is 1. The number of alkyl halides is 3. The molecule has 1 N–H and O–H groups in total. The molecular formula is C30H33F3N6O2. The molecule has 0 saturated carbocycles. The lowest BCUT2D eigenvalue weighted by Gasteiger charge is -2.48. The number of benzene rings is 1. The van der Waals surface area contributed by atoms with Crippen molar-refractivity contribution >= 4 is 11.6 Å². The van der Waals surface area contributed by atoms with Crippen molar-refractivity contribution in [3.05, 3.63) is 71.5 Å². The Hall–Kier alpha value is -3.88. The van der Waals surface area contributed by atoms with Crippen molar-refractivity contribution < 1.29 is 22.7 Å². The number of likely N-dealkylation sites (N-methyl/N-ethyl adjacent to an activating group) is 1. The van der Waals surface area contributed by atoms with E-state index in [9.17, 15) is 23.2 Å². The molecule has 216 valence electrons. The van der Waals surface area contributed by atoms with E-state index in [4.69, 9.17) is 9.72 Å². The Bertz CT molecular complexity index is 1450. The molecule has 0 spiro atoms. The number of ether oxygens (including phenoxy) is 1. The molecule has 2 aromatic heterocycles. The summed E-state index contributed by atoms with van der Waals surface area (Å²) < 4.78 is 47.2. The molecule has 3 aromatic rings. The van der Waals surface area contributed by atoms with E-state index in [1.54, 1.807) is 6.20 Å². The molecule has 0 bridgehead atoms. The topological polar surface area (TPSA) is 86.4 Å². The summed E-state index contributed by atoms with van der Waals surface area (Å²) in [6.07, 6.45) is -0.0429. The molecule has 8 nitrogen and oxygen atoms in total. The third kappa shape index (κ3) is 5.54. The van der Waals surface area contributed by atoms with Gasteiger partial charge in [0.25, 0.3) is 0 Å². The number of nitrogens with zero attached hydrogens (tertiary/aromatic N) is 5. The van der Waals surface area contributed by atoms with Crippen LogP contribution in [-0.4, -0.2) is 72.8 Å². The molecule has 0 aliphatic carbocycles. The number of nitriles is 1. The van der Waals surface area contributed by atoms with Gasteiger partial charge in [0.1, 0.15) is 6.07 Å². The van der Waals surface area contributed by atoms with Crippen molar-refractivity contribution in [1.82, 2.24) is 19.8 Å². The van der Waals surface area contributed by atoms with Gasteiger partial charge in [0.15, 0.2) is 0 Å². The molecule has 4 heterocycles. The highest BCUT2D eigenvalue weighted by Gasteiger charge is 2.49. The Balaban J connectivity index is 1.45. The van der Waals surface area contributed by atoms with Crippen LogP contribution in [0.25, 0.3) is 11.4 Å². The summed E-state index contributed by atoms with van der Waals surface area (Å²) in [5.41, 5.74) is 0.640. The summed E-state index contributed by atoms with van der Waals surface area (Å²) in [7, 11) is 5.84. The smallest absolute Gasteiger partial charge is 0.376 e. The first-order valence-electron chi connectivity index (χ1n) is 13.5. The van der Waals surface area contributed by atoms with Gasteiger partial charge in [-0.1, -0.05) is 6.07 Å². The average Bonchev–Trinajstić information content (AvgIpc) is 3.36. The lowest BCUT2D eigenvalue weighted by molar-refractivity contribution is -0.140. The summed E-state index contributed by atoms with van der Waals surface area (Å²) in [4.78, 5) is 22.8. The number of aryl methyl sites for hydroxylation is 1. The number of aromatic nitrogens is 2. The number of halogens is 3. The van der Waals surface area contributed by atoms with E-state index in [-0.39, 0.29) is 11.5 Å². The van der Waals surface area contributed by atoms with Crippen LogP contribution in [0.2, 0.25) is 0 Å². The molecular weight excluding hydrogens is 533 g/mol.